The molecule has 0 bridgehead atoms. The minimum atomic E-state index is 0.379. The predicted molar refractivity (Wildman–Crippen MR) is 65.3 cm³/mol. The summed E-state index contributed by atoms with van der Waals surface area (Å²) in [4.78, 5) is 4.56. The number of nitriles is 1. The Morgan fingerprint density at radius 2 is 1.81 bits per heavy atom. The zero-order valence-electron chi connectivity index (χ0n) is 9.83. The molecule has 2 heteroatoms. The lowest BCUT2D eigenvalue weighted by Crippen LogP contribution is -1.95. The third-order valence-electron chi connectivity index (χ3n) is 2.88. The maximum atomic E-state index is 8.72. The van der Waals surface area contributed by atoms with E-state index < -0.39 is 0 Å². The number of aryl methyl sites for hydroxylation is 3. The van der Waals surface area contributed by atoms with E-state index >= 15 is 0 Å². The Morgan fingerprint density at radius 1 is 1.12 bits per heavy atom. The standard InChI is InChI=1S/C14H14N2/c1-9-4-5-10(2)14-13(9)11(3)8-12(16-14)6-7-15/h4-5,8H,6H2,1-3H3. The van der Waals surface area contributed by atoms with Gasteiger partial charge in [-0.2, -0.15) is 5.26 Å². The van der Waals surface area contributed by atoms with Crippen LogP contribution >= 0.6 is 0 Å². The maximum absolute atomic E-state index is 8.72. The fraction of sp³-hybridized carbons (Fsp3) is 0.286. The third-order valence-corrected chi connectivity index (χ3v) is 2.88. The first-order valence-corrected chi connectivity index (χ1v) is 5.37. The van der Waals surface area contributed by atoms with Gasteiger partial charge < -0.3 is 0 Å². The number of benzene rings is 1. The Kier molecular flexibility index (Phi) is 2.62. The Labute approximate surface area is 95.6 Å². The second kappa shape index (κ2) is 3.94. The number of fused-ring (bicyclic) bond motifs is 1. The number of hydrogen-bond donors (Lipinski definition) is 0. The van der Waals surface area contributed by atoms with Gasteiger partial charge in [0.25, 0.3) is 0 Å². The summed E-state index contributed by atoms with van der Waals surface area (Å²) < 4.78 is 0. The van der Waals surface area contributed by atoms with Crippen LogP contribution in [0.2, 0.25) is 0 Å². The van der Waals surface area contributed by atoms with Crippen LogP contribution in [0.15, 0.2) is 18.2 Å². The molecule has 1 heterocycles. The zero-order chi connectivity index (χ0) is 11.7. The molecule has 1 aromatic heterocycles. The fourth-order valence-electron chi connectivity index (χ4n) is 2.11. The van der Waals surface area contributed by atoms with E-state index in [-0.39, 0.29) is 0 Å². The quantitative estimate of drug-likeness (QED) is 0.724. The molecule has 0 N–H and O–H groups in total. The van der Waals surface area contributed by atoms with Crippen molar-refractivity contribution in [2.45, 2.75) is 27.2 Å². The first-order chi connectivity index (χ1) is 7.63. The van der Waals surface area contributed by atoms with Crippen molar-refractivity contribution < 1.29 is 0 Å². The minimum absolute atomic E-state index is 0.379. The molecule has 0 aliphatic rings. The van der Waals surface area contributed by atoms with Crippen LogP contribution in [0.25, 0.3) is 10.9 Å². The first-order valence-electron chi connectivity index (χ1n) is 5.37. The molecule has 2 rings (SSSR count). The van der Waals surface area contributed by atoms with Crippen molar-refractivity contribution in [1.29, 1.82) is 5.26 Å². The molecule has 0 unspecified atom stereocenters. The molecule has 16 heavy (non-hydrogen) atoms. The van der Waals surface area contributed by atoms with E-state index in [9.17, 15) is 0 Å². The lowest BCUT2D eigenvalue weighted by molar-refractivity contribution is 1.13. The third kappa shape index (κ3) is 1.65. The van der Waals surface area contributed by atoms with Crippen molar-refractivity contribution in [2.24, 2.45) is 0 Å². The molecule has 0 amide bonds. The molecule has 0 fully saturated rings. The highest BCUT2D eigenvalue weighted by Gasteiger charge is 2.07. The van der Waals surface area contributed by atoms with Crippen molar-refractivity contribution in [1.82, 2.24) is 4.98 Å². The lowest BCUT2D eigenvalue weighted by Gasteiger charge is -2.09. The van der Waals surface area contributed by atoms with Gasteiger partial charge in [-0.25, -0.2) is 0 Å². The Bertz CT molecular complexity index is 592. The van der Waals surface area contributed by atoms with Gasteiger partial charge in [0.1, 0.15) is 0 Å². The van der Waals surface area contributed by atoms with Crippen LogP contribution in [0.5, 0.6) is 0 Å². The summed E-state index contributed by atoms with van der Waals surface area (Å²) in [5.41, 5.74) is 5.51. The van der Waals surface area contributed by atoms with E-state index in [2.05, 4.69) is 44.0 Å². The first kappa shape index (κ1) is 10.6. The highest BCUT2D eigenvalue weighted by atomic mass is 14.7. The van der Waals surface area contributed by atoms with Crippen molar-refractivity contribution in [3.63, 3.8) is 0 Å². The predicted octanol–water partition coefficient (Wildman–Crippen LogP) is 3.23. The highest BCUT2D eigenvalue weighted by Crippen LogP contribution is 2.24. The average molecular weight is 210 g/mol. The van der Waals surface area contributed by atoms with Crippen LogP contribution in [0.1, 0.15) is 22.4 Å². The van der Waals surface area contributed by atoms with Gasteiger partial charge in [0.2, 0.25) is 0 Å². The zero-order valence-corrected chi connectivity index (χ0v) is 9.83. The topological polar surface area (TPSA) is 36.7 Å². The number of pyridine rings is 1. The van der Waals surface area contributed by atoms with Crippen LogP contribution in [0.3, 0.4) is 0 Å². The van der Waals surface area contributed by atoms with Crippen molar-refractivity contribution >= 4 is 10.9 Å². The number of aromatic nitrogens is 1. The summed E-state index contributed by atoms with van der Waals surface area (Å²) in [6.45, 7) is 6.24. The summed E-state index contributed by atoms with van der Waals surface area (Å²) >= 11 is 0. The summed E-state index contributed by atoms with van der Waals surface area (Å²) in [6.07, 6.45) is 0.379. The van der Waals surface area contributed by atoms with E-state index in [1.54, 1.807) is 0 Å². The van der Waals surface area contributed by atoms with Crippen LogP contribution in [0.4, 0.5) is 0 Å². The Morgan fingerprint density at radius 3 is 2.50 bits per heavy atom. The molecule has 0 radical (unpaired) electrons. The van der Waals surface area contributed by atoms with Gasteiger partial charge in [0.05, 0.1) is 23.7 Å². The van der Waals surface area contributed by atoms with Gasteiger partial charge in [0.15, 0.2) is 0 Å². The second-order valence-corrected chi connectivity index (χ2v) is 4.19. The van der Waals surface area contributed by atoms with Gasteiger partial charge >= 0.3 is 0 Å². The fourth-order valence-corrected chi connectivity index (χ4v) is 2.11. The molecule has 2 aromatic rings. The molecular weight excluding hydrogens is 196 g/mol. The summed E-state index contributed by atoms with van der Waals surface area (Å²) in [5.74, 6) is 0. The molecule has 0 aliphatic heterocycles. The molecule has 1 aromatic carbocycles. The normalized spacial score (nSPS) is 10.4. The van der Waals surface area contributed by atoms with E-state index in [0.29, 0.717) is 6.42 Å². The molecule has 0 saturated carbocycles. The van der Waals surface area contributed by atoms with Crippen LogP contribution in [-0.2, 0) is 6.42 Å². The highest BCUT2D eigenvalue weighted by molar-refractivity contribution is 5.88. The number of nitrogens with zero attached hydrogens (tertiary/aromatic N) is 2. The van der Waals surface area contributed by atoms with Gasteiger partial charge in [-0.05, 0) is 43.5 Å². The van der Waals surface area contributed by atoms with Crippen molar-refractivity contribution in [3.8, 4) is 6.07 Å². The average Bonchev–Trinajstić information content (AvgIpc) is 2.23. The Balaban J connectivity index is 2.82. The van der Waals surface area contributed by atoms with Gasteiger partial charge in [-0.1, -0.05) is 12.1 Å². The smallest absolute Gasteiger partial charge is 0.0775 e. The van der Waals surface area contributed by atoms with E-state index in [0.717, 1.165) is 11.2 Å². The molecule has 0 aliphatic carbocycles. The second-order valence-electron chi connectivity index (χ2n) is 4.19. The molecule has 0 atom stereocenters. The molecule has 2 nitrogen and oxygen atoms in total. The van der Waals surface area contributed by atoms with Crippen molar-refractivity contribution in [2.75, 3.05) is 0 Å². The number of hydrogen-bond acceptors (Lipinski definition) is 2. The molecule has 80 valence electrons. The van der Waals surface area contributed by atoms with Gasteiger partial charge in [0, 0.05) is 5.39 Å². The van der Waals surface area contributed by atoms with E-state index in [1.807, 2.05) is 6.07 Å². The van der Waals surface area contributed by atoms with Crippen LogP contribution in [-0.4, -0.2) is 4.98 Å². The SMILES string of the molecule is Cc1ccc(C)c2c(C)cc(CC#N)nc12. The van der Waals surface area contributed by atoms with E-state index in [4.69, 9.17) is 5.26 Å². The van der Waals surface area contributed by atoms with Crippen molar-refractivity contribution in [3.05, 3.63) is 40.6 Å². The summed E-state index contributed by atoms with van der Waals surface area (Å²) in [7, 11) is 0. The van der Waals surface area contributed by atoms with E-state index in [1.165, 1.54) is 22.1 Å². The van der Waals surface area contributed by atoms with Gasteiger partial charge in [-0.15, -0.1) is 0 Å². The van der Waals surface area contributed by atoms with Gasteiger partial charge in [-0.3, -0.25) is 4.98 Å². The molecular formula is C14H14N2. The maximum Gasteiger partial charge on any atom is 0.0775 e. The molecule has 0 saturated heterocycles. The Hall–Kier alpha value is -1.88. The summed E-state index contributed by atoms with van der Waals surface area (Å²) in [5, 5.41) is 9.94. The van der Waals surface area contributed by atoms with Crippen LogP contribution in [0, 0.1) is 32.1 Å². The molecule has 0 spiro atoms. The lowest BCUT2D eigenvalue weighted by atomic mass is 10.0. The number of rotatable bonds is 1. The minimum Gasteiger partial charge on any atom is -0.251 e. The summed E-state index contributed by atoms with van der Waals surface area (Å²) in [6, 6.07) is 8.36. The largest absolute Gasteiger partial charge is 0.251 e. The monoisotopic (exact) mass is 210 g/mol. The van der Waals surface area contributed by atoms with Crippen LogP contribution < -0.4 is 0 Å².